The molecule has 0 aliphatic carbocycles. The van der Waals surface area contributed by atoms with Crippen molar-refractivity contribution in [1.82, 2.24) is 4.31 Å². The van der Waals surface area contributed by atoms with Gasteiger partial charge < -0.3 is 10.5 Å². The Bertz CT molecular complexity index is 451. The second kappa shape index (κ2) is 6.72. The SMILES string of the molecule is CCCN(CCN)S(=O)(=O)c1ccc(OC)cc1. The number of rotatable bonds is 7. The van der Waals surface area contributed by atoms with Gasteiger partial charge in [0.1, 0.15) is 5.75 Å². The lowest BCUT2D eigenvalue weighted by atomic mass is 10.3. The normalized spacial score (nSPS) is 11.8. The van der Waals surface area contributed by atoms with Gasteiger partial charge in [0.05, 0.1) is 12.0 Å². The van der Waals surface area contributed by atoms with Gasteiger partial charge in [0.15, 0.2) is 0 Å². The number of hydrogen-bond donors (Lipinski definition) is 1. The van der Waals surface area contributed by atoms with Gasteiger partial charge >= 0.3 is 0 Å². The van der Waals surface area contributed by atoms with Gasteiger partial charge in [-0.15, -0.1) is 0 Å². The summed E-state index contributed by atoms with van der Waals surface area (Å²) in [4.78, 5) is 0.269. The summed E-state index contributed by atoms with van der Waals surface area (Å²) in [6.07, 6.45) is 0.759. The Morgan fingerprint density at radius 3 is 2.28 bits per heavy atom. The number of nitrogens with zero attached hydrogens (tertiary/aromatic N) is 1. The predicted octanol–water partition coefficient (Wildman–Crippen LogP) is 1.05. The third kappa shape index (κ3) is 3.44. The molecule has 0 heterocycles. The summed E-state index contributed by atoms with van der Waals surface area (Å²) in [6.45, 7) is 3.07. The topological polar surface area (TPSA) is 72.6 Å². The van der Waals surface area contributed by atoms with Crippen molar-refractivity contribution in [2.24, 2.45) is 5.73 Å². The van der Waals surface area contributed by atoms with Crippen molar-refractivity contribution in [1.29, 1.82) is 0 Å². The van der Waals surface area contributed by atoms with Crippen LogP contribution in [0.5, 0.6) is 5.75 Å². The van der Waals surface area contributed by atoms with Crippen molar-refractivity contribution in [2.45, 2.75) is 18.2 Å². The van der Waals surface area contributed by atoms with Crippen LogP contribution in [0.15, 0.2) is 29.2 Å². The van der Waals surface area contributed by atoms with E-state index in [2.05, 4.69) is 0 Å². The Hall–Kier alpha value is -1.11. The molecule has 1 aromatic carbocycles. The quantitative estimate of drug-likeness (QED) is 0.805. The van der Waals surface area contributed by atoms with Crippen LogP contribution in [0.2, 0.25) is 0 Å². The maximum atomic E-state index is 12.3. The number of benzene rings is 1. The van der Waals surface area contributed by atoms with Gasteiger partial charge in [0.25, 0.3) is 0 Å². The Morgan fingerprint density at radius 1 is 1.22 bits per heavy atom. The molecule has 0 spiro atoms. The van der Waals surface area contributed by atoms with E-state index in [9.17, 15) is 8.42 Å². The first kappa shape index (κ1) is 14.9. The van der Waals surface area contributed by atoms with Gasteiger partial charge in [0, 0.05) is 19.6 Å². The Labute approximate surface area is 109 Å². The van der Waals surface area contributed by atoms with E-state index < -0.39 is 10.0 Å². The first-order valence-electron chi connectivity index (χ1n) is 5.90. The number of nitrogens with two attached hydrogens (primary N) is 1. The molecule has 1 aromatic rings. The smallest absolute Gasteiger partial charge is 0.243 e. The minimum absolute atomic E-state index is 0.269. The molecule has 0 aliphatic rings. The van der Waals surface area contributed by atoms with Crippen molar-refractivity contribution in [3.05, 3.63) is 24.3 Å². The summed E-state index contributed by atoms with van der Waals surface area (Å²) in [7, 11) is -1.91. The Balaban J connectivity index is 3.01. The monoisotopic (exact) mass is 272 g/mol. The first-order chi connectivity index (χ1) is 8.56. The van der Waals surface area contributed by atoms with Crippen LogP contribution in [-0.4, -0.2) is 39.5 Å². The molecule has 5 nitrogen and oxygen atoms in total. The van der Waals surface area contributed by atoms with Gasteiger partial charge in [-0.1, -0.05) is 6.92 Å². The number of hydrogen-bond acceptors (Lipinski definition) is 4. The van der Waals surface area contributed by atoms with E-state index in [0.717, 1.165) is 6.42 Å². The Morgan fingerprint density at radius 2 is 1.83 bits per heavy atom. The molecule has 0 unspecified atom stereocenters. The van der Waals surface area contributed by atoms with Crippen LogP contribution in [0.1, 0.15) is 13.3 Å². The fraction of sp³-hybridized carbons (Fsp3) is 0.500. The molecule has 2 N–H and O–H groups in total. The largest absolute Gasteiger partial charge is 0.497 e. The maximum Gasteiger partial charge on any atom is 0.243 e. The first-order valence-corrected chi connectivity index (χ1v) is 7.34. The van der Waals surface area contributed by atoms with Crippen LogP contribution in [0.25, 0.3) is 0 Å². The number of methoxy groups -OCH3 is 1. The van der Waals surface area contributed by atoms with Crippen LogP contribution in [0.3, 0.4) is 0 Å². The highest BCUT2D eigenvalue weighted by molar-refractivity contribution is 7.89. The summed E-state index contributed by atoms with van der Waals surface area (Å²) in [5.41, 5.74) is 5.45. The minimum Gasteiger partial charge on any atom is -0.497 e. The summed E-state index contributed by atoms with van der Waals surface area (Å²) < 4.78 is 31.1. The van der Waals surface area contributed by atoms with Crippen LogP contribution in [-0.2, 0) is 10.0 Å². The van der Waals surface area contributed by atoms with Gasteiger partial charge in [-0.05, 0) is 30.7 Å². The molecule has 0 atom stereocenters. The minimum atomic E-state index is -3.45. The molecule has 1 rings (SSSR count). The summed E-state index contributed by atoms with van der Waals surface area (Å²) >= 11 is 0. The highest BCUT2D eigenvalue weighted by atomic mass is 32.2. The average Bonchev–Trinajstić information content (AvgIpc) is 2.38. The van der Waals surface area contributed by atoms with Crippen LogP contribution in [0, 0.1) is 0 Å². The maximum absolute atomic E-state index is 12.3. The summed E-state index contributed by atoms with van der Waals surface area (Å²) in [6, 6.07) is 6.37. The van der Waals surface area contributed by atoms with E-state index in [1.165, 1.54) is 4.31 Å². The van der Waals surface area contributed by atoms with Crippen LogP contribution >= 0.6 is 0 Å². The molecule has 0 radical (unpaired) electrons. The van der Waals surface area contributed by atoms with Crippen molar-refractivity contribution in [3.8, 4) is 5.75 Å². The predicted molar refractivity (Wildman–Crippen MR) is 71.1 cm³/mol. The average molecular weight is 272 g/mol. The van der Waals surface area contributed by atoms with Crippen molar-refractivity contribution < 1.29 is 13.2 Å². The van der Waals surface area contributed by atoms with E-state index in [1.807, 2.05) is 6.92 Å². The lowest BCUT2D eigenvalue weighted by Crippen LogP contribution is -2.35. The highest BCUT2D eigenvalue weighted by Gasteiger charge is 2.22. The molecule has 0 saturated heterocycles. The van der Waals surface area contributed by atoms with E-state index in [4.69, 9.17) is 10.5 Å². The summed E-state index contributed by atoms with van der Waals surface area (Å²) in [5.74, 6) is 0.634. The third-order valence-corrected chi connectivity index (χ3v) is 4.46. The lowest BCUT2D eigenvalue weighted by Gasteiger charge is -2.20. The standard InChI is InChI=1S/C12H20N2O3S/c1-3-9-14(10-8-13)18(15,16)12-6-4-11(17-2)5-7-12/h4-7H,3,8-10,13H2,1-2H3. The van der Waals surface area contributed by atoms with Gasteiger partial charge in [-0.3, -0.25) is 0 Å². The number of sulfonamides is 1. The summed E-state index contributed by atoms with van der Waals surface area (Å²) in [5, 5.41) is 0. The van der Waals surface area contributed by atoms with Gasteiger partial charge in [0.2, 0.25) is 10.0 Å². The molecule has 0 aliphatic heterocycles. The molecule has 0 amide bonds. The number of ether oxygens (including phenoxy) is 1. The molecule has 0 saturated carbocycles. The molecule has 0 fully saturated rings. The van der Waals surface area contributed by atoms with Crippen molar-refractivity contribution in [3.63, 3.8) is 0 Å². The molecule has 102 valence electrons. The third-order valence-electron chi connectivity index (χ3n) is 2.55. The highest BCUT2D eigenvalue weighted by Crippen LogP contribution is 2.19. The van der Waals surface area contributed by atoms with E-state index in [0.29, 0.717) is 25.4 Å². The van der Waals surface area contributed by atoms with Crippen LogP contribution in [0.4, 0.5) is 0 Å². The molecule has 0 aromatic heterocycles. The zero-order valence-electron chi connectivity index (χ0n) is 10.8. The zero-order chi connectivity index (χ0) is 13.6. The zero-order valence-corrected chi connectivity index (χ0v) is 11.6. The second-order valence-corrected chi connectivity index (χ2v) is 5.81. The lowest BCUT2D eigenvalue weighted by molar-refractivity contribution is 0.412. The van der Waals surface area contributed by atoms with Crippen LogP contribution < -0.4 is 10.5 Å². The van der Waals surface area contributed by atoms with E-state index >= 15 is 0 Å². The molecule has 0 bridgehead atoms. The van der Waals surface area contributed by atoms with E-state index in [1.54, 1.807) is 31.4 Å². The molecule has 6 heteroatoms. The van der Waals surface area contributed by atoms with Crippen molar-refractivity contribution >= 4 is 10.0 Å². The molecular weight excluding hydrogens is 252 g/mol. The molecular formula is C12H20N2O3S. The molecule has 18 heavy (non-hydrogen) atoms. The van der Waals surface area contributed by atoms with Gasteiger partial charge in [-0.2, -0.15) is 4.31 Å². The second-order valence-electron chi connectivity index (χ2n) is 3.87. The van der Waals surface area contributed by atoms with E-state index in [-0.39, 0.29) is 4.90 Å². The van der Waals surface area contributed by atoms with Crippen molar-refractivity contribution in [2.75, 3.05) is 26.7 Å². The fourth-order valence-corrected chi connectivity index (χ4v) is 3.19. The van der Waals surface area contributed by atoms with Gasteiger partial charge in [-0.25, -0.2) is 8.42 Å². The fourth-order valence-electron chi connectivity index (χ4n) is 1.64. The Kier molecular flexibility index (Phi) is 5.58.